The van der Waals surface area contributed by atoms with Crippen LogP contribution in [0.2, 0.25) is 0 Å². The SMILES string of the molecule is CCc1cc(B2OC(C)(C)C(C)(C)O2)cc2cnc(N)nc12. The van der Waals surface area contributed by atoms with Gasteiger partial charge in [-0.2, -0.15) is 0 Å². The largest absolute Gasteiger partial charge is 0.494 e. The molecule has 2 N–H and O–H groups in total. The minimum Gasteiger partial charge on any atom is -0.399 e. The molecule has 2 heterocycles. The Balaban J connectivity index is 2.08. The molecule has 0 radical (unpaired) electrons. The lowest BCUT2D eigenvalue weighted by atomic mass is 9.77. The molecule has 5 nitrogen and oxygen atoms in total. The van der Waals surface area contributed by atoms with Crippen LogP contribution in [0.1, 0.15) is 40.2 Å². The molecule has 1 aromatic carbocycles. The Kier molecular flexibility index (Phi) is 3.42. The van der Waals surface area contributed by atoms with Crippen LogP contribution < -0.4 is 11.2 Å². The van der Waals surface area contributed by atoms with Gasteiger partial charge in [-0.1, -0.05) is 19.1 Å². The van der Waals surface area contributed by atoms with E-state index in [-0.39, 0.29) is 18.3 Å². The van der Waals surface area contributed by atoms with Crippen LogP contribution in [-0.2, 0) is 15.7 Å². The predicted molar refractivity (Wildman–Crippen MR) is 89.0 cm³/mol. The molecule has 0 aliphatic carbocycles. The summed E-state index contributed by atoms with van der Waals surface area (Å²) in [6.45, 7) is 10.3. The minimum atomic E-state index is -0.378. The van der Waals surface area contributed by atoms with Gasteiger partial charge in [-0.3, -0.25) is 0 Å². The lowest BCUT2D eigenvalue weighted by Crippen LogP contribution is -2.41. The molecular formula is C16H22BN3O2. The first kappa shape index (κ1) is 15.2. The Bertz CT molecular complexity index is 715. The molecule has 1 aliphatic rings. The summed E-state index contributed by atoms with van der Waals surface area (Å²) < 4.78 is 12.3. The molecule has 2 aromatic rings. The van der Waals surface area contributed by atoms with Crippen molar-refractivity contribution in [2.24, 2.45) is 0 Å². The molecule has 3 rings (SSSR count). The number of fused-ring (bicyclic) bond motifs is 1. The monoisotopic (exact) mass is 299 g/mol. The Hall–Kier alpha value is -1.66. The molecular weight excluding hydrogens is 277 g/mol. The molecule has 0 bridgehead atoms. The molecule has 1 saturated heterocycles. The molecule has 0 saturated carbocycles. The van der Waals surface area contributed by atoms with Crippen molar-refractivity contribution in [1.29, 1.82) is 0 Å². The van der Waals surface area contributed by atoms with Crippen molar-refractivity contribution in [2.45, 2.75) is 52.2 Å². The van der Waals surface area contributed by atoms with Crippen molar-refractivity contribution >= 4 is 29.4 Å². The maximum Gasteiger partial charge on any atom is 0.494 e. The van der Waals surface area contributed by atoms with Crippen molar-refractivity contribution in [3.8, 4) is 0 Å². The number of nitrogen functional groups attached to an aromatic ring is 1. The van der Waals surface area contributed by atoms with Gasteiger partial charge in [0, 0.05) is 11.6 Å². The standard InChI is InChI=1S/C16H22BN3O2/c1-6-10-7-12(8-11-9-19-14(18)20-13(10)11)17-21-15(2,3)16(4,5)22-17/h7-9H,6H2,1-5H3,(H2,18,19,20). The fourth-order valence-electron chi connectivity index (χ4n) is 2.64. The summed E-state index contributed by atoms with van der Waals surface area (Å²) in [6, 6.07) is 4.12. The second-order valence-electron chi connectivity index (χ2n) is 6.79. The Morgan fingerprint density at radius 1 is 1.14 bits per heavy atom. The highest BCUT2D eigenvalue weighted by Crippen LogP contribution is 2.36. The van der Waals surface area contributed by atoms with Gasteiger partial charge in [-0.05, 0) is 45.1 Å². The van der Waals surface area contributed by atoms with Gasteiger partial charge < -0.3 is 15.0 Å². The van der Waals surface area contributed by atoms with Crippen molar-refractivity contribution < 1.29 is 9.31 Å². The highest BCUT2D eigenvalue weighted by Gasteiger charge is 2.51. The zero-order valence-electron chi connectivity index (χ0n) is 13.8. The zero-order chi connectivity index (χ0) is 16.1. The van der Waals surface area contributed by atoms with Crippen LogP contribution in [0.5, 0.6) is 0 Å². The van der Waals surface area contributed by atoms with E-state index in [1.807, 2.05) is 6.07 Å². The van der Waals surface area contributed by atoms with Crippen molar-refractivity contribution in [2.75, 3.05) is 5.73 Å². The van der Waals surface area contributed by atoms with E-state index in [4.69, 9.17) is 15.0 Å². The van der Waals surface area contributed by atoms with Crippen LogP contribution in [0.15, 0.2) is 18.3 Å². The number of aryl methyl sites for hydroxylation is 1. The summed E-state index contributed by atoms with van der Waals surface area (Å²) >= 11 is 0. The van der Waals surface area contributed by atoms with E-state index in [2.05, 4.69) is 50.7 Å². The van der Waals surface area contributed by atoms with Gasteiger partial charge in [0.2, 0.25) is 5.95 Å². The topological polar surface area (TPSA) is 70.3 Å². The normalized spacial score (nSPS) is 19.8. The van der Waals surface area contributed by atoms with Crippen LogP contribution in [0.4, 0.5) is 5.95 Å². The van der Waals surface area contributed by atoms with Crippen LogP contribution in [0.25, 0.3) is 10.9 Å². The highest BCUT2D eigenvalue weighted by atomic mass is 16.7. The van der Waals surface area contributed by atoms with E-state index in [9.17, 15) is 0 Å². The summed E-state index contributed by atoms with van der Waals surface area (Å²) in [4.78, 5) is 8.45. The Labute approximate surface area is 131 Å². The second-order valence-corrected chi connectivity index (χ2v) is 6.79. The maximum absolute atomic E-state index is 6.13. The molecule has 0 unspecified atom stereocenters. The lowest BCUT2D eigenvalue weighted by molar-refractivity contribution is 0.00578. The van der Waals surface area contributed by atoms with E-state index < -0.39 is 0 Å². The number of aromatic nitrogens is 2. The van der Waals surface area contributed by atoms with E-state index in [1.165, 1.54) is 0 Å². The molecule has 1 aliphatic heterocycles. The number of benzene rings is 1. The number of hydrogen-bond acceptors (Lipinski definition) is 5. The van der Waals surface area contributed by atoms with Gasteiger partial charge in [0.1, 0.15) is 0 Å². The number of hydrogen-bond donors (Lipinski definition) is 1. The van der Waals surface area contributed by atoms with Crippen molar-refractivity contribution in [3.05, 3.63) is 23.9 Å². The third kappa shape index (κ3) is 2.36. The van der Waals surface area contributed by atoms with E-state index in [1.54, 1.807) is 6.20 Å². The smallest absolute Gasteiger partial charge is 0.399 e. The third-order valence-corrected chi connectivity index (χ3v) is 4.71. The number of anilines is 1. The quantitative estimate of drug-likeness (QED) is 0.860. The molecule has 1 fully saturated rings. The van der Waals surface area contributed by atoms with Gasteiger partial charge in [-0.25, -0.2) is 9.97 Å². The van der Waals surface area contributed by atoms with Gasteiger partial charge in [-0.15, -0.1) is 0 Å². The molecule has 6 heteroatoms. The van der Waals surface area contributed by atoms with Crippen LogP contribution >= 0.6 is 0 Å². The number of nitrogens with zero attached hydrogens (tertiary/aromatic N) is 2. The Morgan fingerprint density at radius 2 is 1.77 bits per heavy atom. The summed E-state index contributed by atoms with van der Waals surface area (Å²) in [5, 5.41) is 0.957. The third-order valence-electron chi connectivity index (χ3n) is 4.71. The summed E-state index contributed by atoms with van der Waals surface area (Å²) in [6.07, 6.45) is 2.62. The van der Waals surface area contributed by atoms with Crippen molar-refractivity contribution in [3.63, 3.8) is 0 Å². The average molecular weight is 299 g/mol. The molecule has 22 heavy (non-hydrogen) atoms. The number of rotatable bonds is 2. The molecule has 1 aromatic heterocycles. The molecule has 0 spiro atoms. The highest BCUT2D eigenvalue weighted by molar-refractivity contribution is 6.62. The molecule has 0 atom stereocenters. The summed E-state index contributed by atoms with van der Waals surface area (Å²) in [7, 11) is -0.378. The van der Waals surface area contributed by atoms with Gasteiger partial charge in [0.15, 0.2) is 0 Å². The van der Waals surface area contributed by atoms with E-state index in [0.29, 0.717) is 5.95 Å². The summed E-state index contributed by atoms with van der Waals surface area (Å²) in [5.74, 6) is 0.297. The average Bonchev–Trinajstić information content (AvgIpc) is 2.66. The number of nitrogens with two attached hydrogens (primary N) is 1. The molecule has 0 amide bonds. The first-order valence-corrected chi connectivity index (χ1v) is 7.64. The first-order valence-electron chi connectivity index (χ1n) is 7.64. The van der Waals surface area contributed by atoms with Crippen LogP contribution in [0.3, 0.4) is 0 Å². The van der Waals surface area contributed by atoms with E-state index >= 15 is 0 Å². The van der Waals surface area contributed by atoms with Gasteiger partial charge in [0.25, 0.3) is 0 Å². The maximum atomic E-state index is 6.13. The van der Waals surface area contributed by atoms with Crippen LogP contribution in [-0.4, -0.2) is 28.3 Å². The van der Waals surface area contributed by atoms with Crippen LogP contribution in [0, 0.1) is 0 Å². The second kappa shape index (κ2) is 4.93. The predicted octanol–water partition coefficient (Wildman–Crippen LogP) is 2.07. The van der Waals surface area contributed by atoms with Crippen molar-refractivity contribution in [1.82, 2.24) is 9.97 Å². The van der Waals surface area contributed by atoms with Gasteiger partial charge in [0.05, 0.1) is 16.7 Å². The Morgan fingerprint density at radius 3 is 2.36 bits per heavy atom. The first-order chi connectivity index (χ1) is 10.2. The summed E-state index contributed by atoms with van der Waals surface area (Å²) in [5.41, 5.74) is 8.02. The fourth-order valence-corrected chi connectivity index (χ4v) is 2.64. The lowest BCUT2D eigenvalue weighted by Gasteiger charge is -2.32. The minimum absolute atomic E-state index is 0.297. The fraction of sp³-hybridized carbons (Fsp3) is 0.500. The van der Waals surface area contributed by atoms with E-state index in [0.717, 1.165) is 28.4 Å². The zero-order valence-corrected chi connectivity index (χ0v) is 13.8. The van der Waals surface area contributed by atoms with Gasteiger partial charge >= 0.3 is 7.12 Å². The molecule has 116 valence electrons.